The summed E-state index contributed by atoms with van der Waals surface area (Å²) < 4.78 is 2.51. The fourth-order valence-corrected chi connectivity index (χ4v) is 4.05. The summed E-state index contributed by atoms with van der Waals surface area (Å²) in [6, 6.07) is 17.5. The van der Waals surface area contributed by atoms with Gasteiger partial charge in [0.1, 0.15) is 0 Å². The summed E-state index contributed by atoms with van der Waals surface area (Å²) >= 11 is 0. The first-order chi connectivity index (χ1) is 10.6. The smallest absolute Gasteiger partial charge is 0.186 e. The molecule has 0 amide bonds. The molecule has 0 unspecified atom stereocenters. The Hall–Kier alpha value is -2.15. The molecule has 0 fully saturated rings. The third-order valence-electron chi connectivity index (χ3n) is 5.21. The second-order valence-corrected chi connectivity index (χ2v) is 6.85. The van der Waals surface area contributed by atoms with Crippen molar-refractivity contribution in [2.75, 3.05) is 0 Å². The van der Waals surface area contributed by atoms with E-state index in [0.29, 0.717) is 0 Å². The second-order valence-electron chi connectivity index (χ2n) is 6.85. The minimum absolute atomic E-state index is 0.0976. The quantitative estimate of drug-likeness (QED) is 0.652. The molecular weight excluding hydrogens is 266 g/mol. The van der Waals surface area contributed by atoms with Crippen LogP contribution in [-0.4, -0.2) is 15.8 Å². The van der Waals surface area contributed by atoms with Gasteiger partial charge in [0, 0.05) is 38.0 Å². The van der Waals surface area contributed by atoms with Crippen molar-refractivity contribution in [2.45, 2.75) is 38.6 Å². The molecular formula is C21H22N+. The van der Waals surface area contributed by atoms with Crippen LogP contribution in [0.3, 0.4) is 0 Å². The van der Waals surface area contributed by atoms with Crippen molar-refractivity contribution in [3.05, 3.63) is 71.8 Å². The highest BCUT2D eigenvalue weighted by Crippen LogP contribution is 2.42. The Morgan fingerprint density at radius 2 is 1.73 bits per heavy atom. The van der Waals surface area contributed by atoms with Crippen LogP contribution in [0.1, 0.15) is 43.4 Å². The lowest BCUT2D eigenvalue weighted by Crippen LogP contribution is -2.43. The van der Waals surface area contributed by atoms with Crippen molar-refractivity contribution in [3.63, 3.8) is 0 Å². The van der Waals surface area contributed by atoms with Gasteiger partial charge in [-0.25, -0.2) is 0 Å². The lowest BCUT2D eigenvalue weighted by molar-refractivity contribution is -0.507. The van der Waals surface area contributed by atoms with Crippen molar-refractivity contribution in [3.8, 4) is 0 Å². The minimum Gasteiger partial charge on any atom is -0.186 e. The minimum atomic E-state index is -0.0976. The number of rotatable bonds is 1. The van der Waals surface area contributed by atoms with Crippen LogP contribution >= 0.6 is 0 Å². The Morgan fingerprint density at radius 1 is 0.955 bits per heavy atom. The van der Waals surface area contributed by atoms with Crippen molar-refractivity contribution < 1.29 is 4.58 Å². The number of hydrogen-bond acceptors (Lipinski definition) is 0. The van der Waals surface area contributed by atoms with Gasteiger partial charge in [0.25, 0.3) is 0 Å². The standard InChI is InChI=1S/C21H22N/c1-15-18-13-7-9-16-10-8-14-19(20(16)18)22(21(15,2)3)17-11-5-4-6-12-17/h4-7,9,11-13H,1,8,10,14H2,2-3H3/q+1. The molecule has 2 aliphatic rings. The maximum atomic E-state index is 4.46. The molecule has 0 bridgehead atoms. The van der Waals surface area contributed by atoms with Crippen LogP contribution in [0.15, 0.2) is 55.1 Å². The molecule has 0 saturated carbocycles. The molecule has 1 aliphatic carbocycles. The molecule has 110 valence electrons. The number of nitrogens with zero attached hydrogens (tertiary/aromatic N) is 1. The largest absolute Gasteiger partial charge is 0.206 e. The first-order valence-corrected chi connectivity index (χ1v) is 8.14. The normalized spacial score (nSPS) is 19.1. The molecule has 0 saturated heterocycles. The number of hydrogen-bond donors (Lipinski definition) is 0. The molecule has 0 spiro atoms. The molecule has 0 atom stereocenters. The summed E-state index contributed by atoms with van der Waals surface area (Å²) in [6.07, 6.45) is 3.57. The molecule has 0 N–H and O–H groups in total. The zero-order chi connectivity index (χ0) is 15.3. The number of aryl methyl sites for hydroxylation is 1. The number of para-hydroxylation sites is 1. The summed E-state index contributed by atoms with van der Waals surface area (Å²) in [7, 11) is 0. The van der Waals surface area contributed by atoms with Crippen molar-refractivity contribution in [1.82, 2.24) is 0 Å². The summed E-state index contributed by atoms with van der Waals surface area (Å²) in [6.45, 7) is 9.05. The van der Waals surface area contributed by atoms with E-state index < -0.39 is 0 Å². The molecule has 0 aromatic heterocycles. The molecule has 0 radical (unpaired) electrons. The third kappa shape index (κ3) is 1.75. The van der Waals surface area contributed by atoms with Gasteiger partial charge in [-0.1, -0.05) is 43.0 Å². The number of benzene rings is 2. The highest BCUT2D eigenvalue weighted by molar-refractivity contribution is 6.06. The highest BCUT2D eigenvalue weighted by atomic mass is 15.1. The van der Waals surface area contributed by atoms with Crippen LogP contribution in [0.4, 0.5) is 5.69 Å². The average Bonchev–Trinajstić information content (AvgIpc) is 2.54. The van der Waals surface area contributed by atoms with Crippen molar-refractivity contribution in [2.24, 2.45) is 0 Å². The average molecular weight is 288 g/mol. The van der Waals surface area contributed by atoms with E-state index in [-0.39, 0.29) is 5.54 Å². The fourth-order valence-electron chi connectivity index (χ4n) is 4.05. The first kappa shape index (κ1) is 13.5. The van der Waals surface area contributed by atoms with Gasteiger partial charge in [0.15, 0.2) is 11.3 Å². The van der Waals surface area contributed by atoms with Gasteiger partial charge >= 0.3 is 0 Å². The predicted octanol–water partition coefficient (Wildman–Crippen LogP) is 4.96. The van der Waals surface area contributed by atoms with Crippen LogP contribution in [0, 0.1) is 0 Å². The Balaban J connectivity index is 2.10. The topological polar surface area (TPSA) is 3.01 Å². The monoisotopic (exact) mass is 288 g/mol. The van der Waals surface area contributed by atoms with E-state index in [2.05, 4.69) is 73.5 Å². The van der Waals surface area contributed by atoms with Gasteiger partial charge in [-0.3, -0.25) is 0 Å². The second kappa shape index (κ2) is 4.67. The molecule has 1 heterocycles. The van der Waals surface area contributed by atoms with Crippen LogP contribution < -0.4 is 0 Å². The maximum Gasteiger partial charge on any atom is 0.206 e. The zero-order valence-electron chi connectivity index (χ0n) is 13.4. The Bertz CT molecular complexity index is 794. The van der Waals surface area contributed by atoms with Crippen LogP contribution in [0.25, 0.3) is 5.57 Å². The lowest BCUT2D eigenvalue weighted by atomic mass is 9.75. The van der Waals surface area contributed by atoms with Crippen LogP contribution in [0.5, 0.6) is 0 Å². The molecule has 22 heavy (non-hydrogen) atoms. The summed E-state index contributed by atoms with van der Waals surface area (Å²) in [5, 5.41) is 0. The predicted molar refractivity (Wildman–Crippen MR) is 93.0 cm³/mol. The van der Waals surface area contributed by atoms with E-state index in [1.54, 1.807) is 0 Å². The molecule has 2 aromatic rings. The van der Waals surface area contributed by atoms with Gasteiger partial charge in [-0.15, -0.1) is 0 Å². The Morgan fingerprint density at radius 3 is 2.50 bits per heavy atom. The summed E-state index contributed by atoms with van der Waals surface area (Å²) in [5.41, 5.74) is 8.15. The third-order valence-corrected chi connectivity index (χ3v) is 5.21. The van der Waals surface area contributed by atoms with E-state index in [9.17, 15) is 0 Å². The van der Waals surface area contributed by atoms with Gasteiger partial charge in [0.2, 0.25) is 5.69 Å². The van der Waals surface area contributed by atoms with Gasteiger partial charge in [0.05, 0.1) is 5.56 Å². The van der Waals surface area contributed by atoms with Crippen molar-refractivity contribution >= 4 is 17.0 Å². The van der Waals surface area contributed by atoms with Crippen LogP contribution in [0.2, 0.25) is 0 Å². The van der Waals surface area contributed by atoms with Crippen molar-refractivity contribution in [1.29, 1.82) is 0 Å². The van der Waals surface area contributed by atoms with E-state index in [1.807, 2.05) is 0 Å². The zero-order valence-corrected chi connectivity index (χ0v) is 13.4. The molecule has 1 aliphatic heterocycles. The summed E-state index contributed by atoms with van der Waals surface area (Å²) in [5.74, 6) is 0. The Labute approximate surface area is 132 Å². The molecule has 1 heteroatoms. The SMILES string of the molecule is C=C1c2cccc3c2C(=[N+](c2ccccc2)C1(C)C)CCC3. The lowest BCUT2D eigenvalue weighted by Gasteiger charge is -2.35. The van der Waals surface area contributed by atoms with E-state index in [1.165, 1.54) is 46.5 Å². The van der Waals surface area contributed by atoms with Gasteiger partial charge in [-0.2, -0.15) is 4.58 Å². The van der Waals surface area contributed by atoms with Crippen LogP contribution in [-0.2, 0) is 6.42 Å². The highest BCUT2D eigenvalue weighted by Gasteiger charge is 2.45. The van der Waals surface area contributed by atoms with E-state index in [0.717, 1.165) is 6.42 Å². The van der Waals surface area contributed by atoms with E-state index >= 15 is 0 Å². The summed E-state index contributed by atoms with van der Waals surface area (Å²) in [4.78, 5) is 0. The fraction of sp³-hybridized carbons (Fsp3) is 0.286. The first-order valence-electron chi connectivity index (χ1n) is 8.14. The molecule has 2 aromatic carbocycles. The van der Waals surface area contributed by atoms with Gasteiger partial charge in [-0.05, 0) is 24.0 Å². The molecule has 1 nitrogen and oxygen atoms in total. The molecule has 4 rings (SSSR count). The maximum absolute atomic E-state index is 4.46. The van der Waals surface area contributed by atoms with E-state index in [4.69, 9.17) is 0 Å². The van der Waals surface area contributed by atoms with Gasteiger partial charge < -0.3 is 0 Å². The Kier molecular flexibility index (Phi) is 2.87.